The molecule has 1 heterocycles. The molecule has 3 heteroatoms. The monoisotopic (exact) mass is 333 g/mol. The van der Waals surface area contributed by atoms with Gasteiger partial charge in [0.25, 0.3) is 0 Å². The lowest BCUT2D eigenvalue weighted by Crippen LogP contribution is -2.18. The van der Waals surface area contributed by atoms with E-state index in [1.54, 1.807) is 0 Å². The highest BCUT2D eigenvalue weighted by Crippen LogP contribution is 2.29. The van der Waals surface area contributed by atoms with Crippen molar-refractivity contribution in [2.24, 2.45) is 5.73 Å². The van der Waals surface area contributed by atoms with Gasteiger partial charge in [0.15, 0.2) is 0 Å². The molecule has 130 valence electrons. The zero-order valence-electron chi connectivity index (χ0n) is 15.5. The van der Waals surface area contributed by atoms with Gasteiger partial charge < -0.3 is 5.73 Å². The van der Waals surface area contributed by atoms with Gasteiger partial charge in [0.1, 0.15) is 0 Å². The zero-order valence-corrected chi connectivity index (χ0v) is 15.5. The van der Waals surface area contributed by atoms with Crippen molar-refractivity contribution >= 4 is 0 Å². The van der Waals surface area contributed by atoms with Crippen LogP contribution in [-0.2, 0) is 5.41 Å². The first-order chi connectivity index (χ1) is 11.9. The molecular weight excluding hydrogens is 306 g/mol. The summed E-state index contributed by atoms with van der Waals surface area (Å²) in [6, 6.07) is 21.2. The highest BCUT2D eigenvalue weighted by atomic mass is 15.3. The lowest BCUT2D eigenvalue weighted by Gasteiger charge is -2.21. The number of aromatic nitrogens is 2. The number of hydrogen-bond acceptors (Lipinski definition) is 2. The van der Waals surface area contributed by atoms with Crippen LogP contribution in [0.2, 0.25) is 0 Å². The summed E-state index contributed by atoms with van der Waals surface area (Å²) in [4.78, 5) is 0. The lowest BCUT2D eigenvalue weighted by molar-refractivity contribution is 0.589. The molecule has 0 saturated heterocycles. The SMILES string of the molecule is Cc1cc(C(CN)c2ccc(C(C)(C)C)cc2)n(-c2ccccc2)n1. The van der Waals surface area contributed by atoms with Gasteiger partial charge in [0.2, 0.25) is 0 Å². The fourth-order valence-electron chi connectivity index (χ4n) is 3.19. The molecule has 3 rings (SSSR count). The average molecular weight is 333 g/mol. The Bertz CT molecular complexity index is 824. The Morgan fingerprint density at radius 1 is 1.00 bits per heavy atom. The van der Waals surface area contributed by atoms with E-state index >= 15 is 0 Å². The summed E-state index contributed by atoms with van der Waals surface area (Å²) < 4.78 is 2.02. The summed E-state index contributed by atoms with van der Waals surface area (Å²) in [5, 5.41) is 4.69. The molecule has 0 spiro atoms. The van der Waals surface area contributed by atoms with E-state index in [0.717, 1.165) is 17.1 Å². The number of benzene rings is 2. The van der Waals surface area contributed by atoms with Crippen molar-refractivity contribution in [3.63, 3.8) is 0 Å². The maximum Gasteiger partial charge on any atom is 0.0649 e. The minimum absolute atomic E-state index is 0.121. The predicted octanol–water partition coefficient (Wildman–Crippen LogP) is 4.57. The fraction of sp³-hybridized carbons (Fsp3) is 0.318. The van der Waals surface area contributed by atoms with Crippen LogP contribution in [0.25, 0.3) is 5.69 Å². The second-order valence-corrected chi connectivity index (χ2v) is 7.62. The molecule has 0 aliphatic rings. The molecule has 0 fully saturated rings. The van der Waals surface area contributed by atoms with Crippen LogP contribution in [0.4, 0.5) is 0 Å². The van der Waals surface area contributed by atoms with Gasteiger partial charge in [-0.25, -0.2) is 4.68 Å². The van der Waals surface area contributed by atoms with Gasteiger partial charge in [0, 0.05) is 12.5 Å². The molecule has 0 amide bonds. The standard InChI is InChI=1S/C22H27N3/c1-16-14-21(25(24-16)19-8-6-5-7-9-19)20(15-23)17-10-12-18(13-11-17)22(2,3)4/h5-14,20H,15,23H2,1-4H3. The van der Waals surface area contributed by atoms with Gasteiger partial charge in [-0.15, -0.1) is 0 Å². The molecule has 1 aromatic heterocycles. The molecule has 0 bridgehead atoms. The summed E-state index contributed by atoms with van der Waals surface area (Å²) in [6.45, 7) is 9.27. The first-order valence-electron chi connectivity index (χ1n) is 8.82. The molecule has 0 aliphatic carbocycles. The third-order valence-corrected chi connectivity index (χ3v) is 4.63. The molecule has 1 atom stereocenters. The first-order valence-corrected chi connectivity index (χ1v) is 8.82. The van der Waals surface area contributed by atoms with Gasteiger partial charge in [-0.1, -0.05) is 63.2 Å². The van der Waals surface area contributed by atoms with Crippen molar-refractivity contribution in [2.75, 3.05) is 6.54 Å². The second kappa shape index (κ2) is 6.85. The van der Waals surface area contributed by atoms with Crippen LogP contribution >= 0.6 is 0 Å². The molecule has 3 nitrogen and oxygen atoms in total. The lowest BCUT2D eigenvalue weighted by atomic mass is 9.85. The molecule has 0 aliphatic heterocycles. The summed E-state index contributed by atoms with van der Waals surface area (Å²) in [5.41, 5.74) is 12.1. The first kappa shape index (κ1) is 17.4. The van der Waals surface area contributed by atoms with E-state index in [1.807, 2.05) is 29.8 Å². The quantitative estimate of drug-likeness (QED) is 0.760. The normalized spacial score (nSPS) is 13.0. The van der Waals surface area contributed by atoms with Crippen LogP contribution < -0.4 is 5.73 Å². The Labute approximate surface area is 150 Å². The van der Waals surface area contributed by atoms with Crippen LogP contribution in [0, 0.1) is 6.92 Å². The van der Waals surface area contributed by atoms with Crippen molar-refractivity contribution in [1.82, 2.24) is 9.78 Å². The predicted molar refractivity (Wildman–Crippen MR) is 104 cm³/mol. The summed E-state index contributed by atoms with van der Waals surface area (Å²) in [7, 11) is 0. The Kier molecular flexibility index (Phi) is 4.78. The Morgan fingerprint density at radius 3 is 2.20 bits per heavy atom. The van der Waals surface area contributed by atoms with Gasteiger partial charge in [-0.05, 0) is 41.7 Å². The number of nitrogens with two attached hydrogens (primary N) is 1. The molecule has 1 unspecified atom stereocenters. The second-order valence-electron chi connectivity index (χ2n) is 7.62. The molecule has 25 heavy (non-hydrogen) atoms. The number of para-hydroxylation sites is 1. The van der Waals surface area contributed by atoms with E-state index in [2.05, 4.69) is 63.2 Å². The van der Waals surface area contributed by atoms with Crippen molar-refractivity contribution in [2.45, 2.75) is 39.0 Å². The molecule has 0 radical (unpaired) electrons. The van der Waals surface area contributed by atoms with Crippen LogP contribution in [0.15, 0.2) is 60.7 Å². The van der Waals surface area contributed by atoms with E-state index in [0.29, 0.717) is 6.54 Å². The Morgan fingerprint density at radius 2 is 1.64 bits per heavy atom. The number of aryl methyl sites for hydroxylation is 1. The van der Waals surface area contributed by atoms with Crippen molar-refractivity contribution < 1.29 is 0 Å². The van der Waals surface area contributed by atoms with Crippen LogP contribution in [0.3, 0.4) is 0 Å². The van der Waals surface area contributed by atoms with E-state index in [1.165, 1.54) is 11.1 Å². The smallest absolute Gasteiger partial charge is 0.0649 e. The Hall–Kier alpha value is -2.39. The third-order valence-electron chi connectivity index (χ3n) is 4.63. The van der Waals surface area contributed by atoms with Crippen molar-refractivity contribution in [3.8, 4) is 5.69 Å². The highest BCUT2D eigenvalue weighted by Gasteiger charge is 2.20. The van der Waals surface area contributed by atoms with Gasteiger partial charge in [0.05, 0.1) is 17.1 Å². The average Bonchev–Trinajstić information content (AvgIpc) is 2.98. The van der Waals surface area contributed by atoms with Gasteiger partial charge in [-0.3, -0.25) is 0 Å². The highest BCUT2D eigenvalue weighted by molar-refractivity contribution is 5.39. The molecule has 2 aromatic carbocycles. The molecular formula is C22H27N3. The number of rotatable bonds is 4. The topological polar surface area (TPSA) is 43.8 Å². The van der Waals surface area contributed by atoms with E-state index < -0.39 is 0 Å². The largest absolute Gasteiger partial charge is 0.329 e. The third kappa shape index (κ3) is 3.67. The molecule has 2 N–H and O–H groups in total. The van der Waals surface area contributed by atoms with E-state index in [9.17, 15) is 0 Å². The summed E-state index contributed by atoms with van der Waals surface area (Å²) in [6.07, 6.45) is 0. The van der Waals surface area contributed by atoms with Crippen LogP contribution in [0.5, 0.6) is 0 Å². The number of hydrogen-bond donors (Lipinski definition) is 1. The zero-order chi connectivity index (χ0) is 18.0. The molecule has 3 aromatic rings. The molecule has 0 saturated carbocycles. The summed E-state index contributed by atoms with van der Waals surface area (Å²) in [5.74, 6) is 0.121. The maximum atomic E-state index is 6.18. The summed E-state index contributed by atoms with van der Waals surface area (Å²) >= 11 is 0. The van der Waals surface area contributed by atoms with E-state index in [4.69, 9.17) is 10.8 Å². The van der Waals surface area contributed by atoms with E-state index in [-0.39, 0.29) is 11.3 Å². The maximum absolute atomic E-state index is 6.18. The van der Waals surface area contributed by atoms with Gasteiger partial charge in [-0.2, -0.15) is 5.10 Å². The van der Waals surface area contributed by atoms with Crippen LogP contribution in [-0.4, -0.2) is 16.3 Å². The minimum atomic E-state index is 0.121. The van der Waals surface area contributed by atoms with Gasteiger partial charge >= 0.3 is 0 Å². The van der Waals surface area contributed by atoms with Crippen LogP contribution in [0.1, 0.15) is 49.2 Å². The van der Waals surface area contributed by atoms with Crippen molar-refractivity contribution in [1.29, 1.82) is 0 Å². The Balaban J connectivity index is 2.02. The van der Waals surface area contributed by atoms with Crippen molar-refractivity contribution in [3.05, 3.63) is 83.2 Å². The number of nitrogens with zero attached hydrogens (tertiary/aromatic N) is 2. The fourth-order valence-corrected chi connectivity index (χ4v) is 3.19. The minimum Gasteiger partial charge on any atom is -0.329 e.